The number of nitrogens with zero attached hydrogens (tertiary/aromatic N) is 1. The zero-order valence-electron chi connectivity index (χ0n) is 11.2. The summed E-state index contributed by atoms with van der Waals surface area (Å²) < 4.78 is 0. The normalized spacial score (nSPS) is 14.6. The van der Waals surface area contributed by atoms with E-state index in [9.17, 15) is 4.79 Å². The van der Waals surface area contributed by atoms with Gasteiger partial charge in [-0.15, -0.1) is 0 Å². The highest BCUT2D eigenvalue weighted by atomic mass is 32.2. The smallest absolute Gasteiger partial charge is 0.239 e. The minimum atomic E-state index is -0.0722. The molecule has 0 heterocycles. The second kappa shape index (κ2) is 8.88. The zero-order valence-corrected chi connectivity index (χ0v) is 12.1. The number of hydrogen-bond acceptors (Lipinski definition) is 3. The van der Waals surface area contributed by atoms with E-state index in [-0.39, 0.29) is 11.9 Å². The largest absolute Gasteiger partial charge is 0.342 e. The van der Waals surface area contributed by atoms with Crippen LogP contribution in [0.15, 0.2) is 0 Å². The molecule has 2 unspecified atom stereocenters. The Labute approximate surface area is 104 Å². The van der Waals surface area contributed by atoms with E-state index in [1.54, 1.807) is 0 Å². The van der Waals surface area contributed by atoms with Crippen molar-refractivity contribution in [1.82, 2.24) is 10.2 Å². The summed E-state index contributed by atoms with van der Waals surface area (Å²) in [4.78, 5) is 13.9. The Hall–Kier alpha value is -0.220. The van der Waals surface area contributed by atoms with Crippen LogP contribution in [0.25, 0.3) is 0 Å². The molecule has 96 valence electrons. The standard InChI is InChI=1S/C12H26N2OS/c1-6-11(9-16-5)13-10(4)12(15)14(7-2)8-3/h10-11,13H,6-9H2,1-5H3. The number of thioether (sulfide) groups is 1. The fourth-order valence-corrected chi connectivity index (χ4v) is 2.45. The molecule has 0 aromatic carbocycles. The van der Waals surface area contributed by atoms with Gasteiger partial charge in [0.05, 0.1) is 6.04 Å². The molecule has 4 heteroatoms. The van der Waals surface area contributed by atoms with Gasteiger partial charge in [0.2, 0.25) is 5.91 Å². The molecule has 2 atom stereocenters. The van der Waals surface area contributed by atoms with Crippen LogP contribution < -0.4 is 5.32 Å². The van der Waals surface area contributed by atoms with Crippen LogP contribution in [-0.2, 0) is 4.79 Å². The molecule has 0 aromatic heterocycles. The number of likely N-dealkylation sites (N-methyl/N-ethyl adjacent to an activating group) is 1. The van der Waals surface area contributed by atoms with Crippen LogP contribution in [0.3, 0.4) is 0 Å². The van der Waals surface area contributed by atoms with Crippen LogP contribution >= 0.6 is 11.8 Å². The van der Waals surface area contributed by atoms with Gasteiger partial charge < -0.3 is 10.2 Å². The van der Waals surface area contributed by atoms with Crippen LogP contribution in [-0.4, -0.2) is 48.0 Å². The van der Waals surface area contributed by atoms with Crippen LogP contribution in [0.5, 0.6) is 0 Å². The first kappa shape index (κ1) is 15.8. The molecule has 0 aliphatic carbocycles. The average Bonchev–Trinajstić information content (AvgIpc) is 2.29. The van der Waals surface area contributed by atoms with Crippen LogP contribution in [0.2, 0.25) is 0 Å². The topological polar surface area (TPSA) is 32.3 Å². The van der Waals surface area contributed by atoms with Crippen molar-refractivity contribution in [2.24, 2.45) is 0 Å². The maximum Gasteiger partial charge on any atom is 0.239 e. The second-order valence-corrected chi connectivity index (χ2v) is 4.87. The summed E-state index contributed by atoms with van der Waals surface area (Å²) in [6, 6.07) is 0.363. The van der Waals surface area contributed by atoms with Crippen LogP contribution in [0, 0.1) is 0 Å². The number of carbonyl (C=O) groups excluding carboxylic acids is 1. The van der Waals surface area contributed by atoms with Crippen molar-refractivity contribution >= 4 is 17.7 Å². The summed E-state index contributed by atoms with van der Waals surface area (Å²) in [6.07, 6.45) is 3.16. The van der Waals surface area contributed by atoms with E-state index in [0.717, 1.165) is 25.3 Å². The van der Waals surface area contributed by atoms with Crippen LogP contribution in [0.1, 0.15) is 34.1 Å². The lowest BCUT2D eigenvalue weighted by atomic mass is 10.2. The van der Waals surface area contributed by atoms with Crippen molar-refractivity contribution in [2.45, 2.75) is 46.2 Å². The van der Waals surface area contributed by atoms with E-state index in [2.05, 4.69) is 18.5 Å². The van der Waals surface area contributed by atoms with Crippen molar-refractivity contribution < 1.29 is 4.79 Å². The molecular weight excluding hydrogens is 220 g/mol. The van der Waals surface area contributed by atoms with Gasteiger partial charge in [-0.05, 0) is 33.4 Å². The van der Waals surface area contributed by atoms with Gasteiger partial charge >= 0.3 is 0 Å². The third-order valence-corrected chi connectivity index (χ3v) is 3.53. The number of hydrogen-bond donors (Lipinski definition) is 1. The van der Waals surface area contributed by atoms with Crippen molar-refractivity contribution in [3.05, 3.63) is 0 Å². The minimum absolute atomic E-state index is 0.0722. The Morgan fingerprint density at radius 2 is 1.88 bits per heavy atom. The van der Waals surface area contributed by atoms with Gasteiger partial charge in [-0.1, -0.05) is 6.92 Å². The highest BCUT2D eigenvalue weighted by Crippen LogP contribution is 2.04. The SMILES string of the molecule is CCC(CSC)NC(C)C(=O)N(CC)CC. The molecule has 0 aliphatic rings. The summed E-state index contributed by atoms with van der Waals surface area (Å²) in [7, 11) is 0. The molecule has 0 rings (SSSR count). The molecule has 0 saturated carbocycles. The highest BCUT2D eigenvalue weighted by molar-refractivity contribution is 7.98. The summed E-state index contributed by atoms with van der Waals surface area (Å²) in [6.45, 7) is 9.74. The van der Waals surface area contributed by atoms with E-state index < -0.39 is 0 Å². The molecule has 0 saturated heterocycles. The molecule has 0 bridgehead atoms. The lowest BCUT2D eigenvalue weighted by Crippen LogP contribution is -2.48. The third-order valence-electron chi connectivity index (χ3n) is 2.79. The highest BCUT2D eigenvalue weighted by Gasteiger charge is 2.20. The molecule has 0 radical (unpaired) electrons. The van der Waals surface area contributed by atoms with E-state index in [0.29, 0.717) is 6.04 Å². The van der Waals surface area contributed by atoms with E-state index in [1.165, 1.54) is 0 Å². The van der Waals surface area contributed by atoms with Gasteiger partial charge in [0.1, 0.15) is 0 Å². The lowest BCUT2D eigenvalue weighted by molar-refractivity contribution is -0.132. The first-order chi connectivity index (χ1) is 7.60. The molecular formula is C12H26N2OS. The molecule has 0 spiro atoms. The van der Waals surface area contributed by atoms with E-state index in [4.69, 9.17) is 0 Å². The summed E-state index contributed by atoms with van der Waals surface area (Å²) in [5, 5.41) is 3.40. The van der Waals surface area contributed by atoms with Crippen molar-refractivity contribution in [2.75, 3.05) is 25.1 Å². The number of carbonyl (C=O) groups is 1. The van der Waals surface area contributed by atoms with Gasteiger partial charge in [-0.2, -0.15) is 11.8 Å². The van der Waals surface area contributed by atoms with Gasteiger partial charge in [-0.25, -0.2) is 0 Å². The average molecular weight is 246 g/mol. The number of nitrogens with one attached hydrogen (secondary N) is 1. The quantitative estimate of drug-likeness (QED) is 0.711. The Bertz CT molecular complexity index is 195. The number of amides is 1. The zero-order chi connectivity index (χ0) is 12.6. The van der Waals surface area contributed by atoms with E-state index in [1.807, 2.05) is 37.4 Å². The van der Waals surface area contributed by atoms with Gasteiger partial charge in [0.15, 0.2) is 0 Å². The summed E-state index contributed by atoms with van der Waals surface area (Å²) in [5.74, 6) is 1.27. The summed E-state index contributed by atoms with van der Waals surface area (Å²) >= 11 is 1.82. The predicted molar refractivity (Wildman–Crippen MR) is 73.0 cm³/mol. The Morgan fingerprint density at radius 1 is 1.31 bits per heavy atom. The fraction of sp³-hybridized carbons (Fsp3) is 0.917. The van der Waals surface area contributed by atoms with Crippen molar-refractivity contribution in [3.8, 4) is 0 Å². The minimum Gasteiger partial charge on any atom is -0.342 e. The predicted octanol–water partition coefficient (Wildman–Crippen LogP) is 1.97. The first-order valence-corrected chi connectivity index (χ1v) is 7.53. The van der Waals surface area contributed by atoms with E-state index >= 15 is 0 Å². The second-order valence-electron chi connectivity index (χ2n) is 3.96. The lowest BCUT2D eigenvalue weighted by Gasteiger charge is -2.26. The maximum absolute atomic E-state index is 12.0. The molecule has 0 fully saturated rings. The van der Waals surface area contributed by atoms with Gasteiger partial charge in [-0.3, -0.25) is 4.79 Å². The maximum atomic E-state index is 12.0. The molecule has 0 aromatic rings. The molecule has 3 nitrogen and oxygen atoms in total. The van der Waals surface area contributed by atoms with Crippen molar-refractivity contribution in [3.63, 3.8) is 0 Å². The Kier molecular flexibility index (Phi) is 8.76. The monoisotopic (exact) mass is 246 g/mol. The Morgan fingerprint density at radius 3 is 2.25 bits per heavy atom. The molecule has 1 N–H and O–H groups in total. The summed E-state index contributed by atoms with van der Waals surface area (Å²) in [5.41, 5.74) is 0. The molecule has 1 amide bonds. The first-order valence-electron chi connectivity index (χ1n) is 6.14. The van der Waals surface area contributed by atoms with Crippen molar-refractivity contribution in [1.29, 1.82) is 0 Å². The third kappa shape index (κ3) is 5.21. The van der Waals surface area contributed by atoms with Gasteiger partial charge in [0, 0.05) is 24.9 Å². The molecule has 16 heavy (non-hydrogen) atoms. The van der Waals surface area contributed by atoms with Crippen LogP contribution in [0.4, 0.5) is 0 Å². The molecule has 0 aliphatic heterocycles. The fourth-order valence-electron chi connectivity index (χ4n) is 1.72. The van der Waals surface area contributed by atoms with Gasteiger partial charge in [0.25, 0.3) is 0 Å². The Balaban J connectivity index is 4.21. The number of rotatable bonds is 8.